The molecular formula is C34H36N4O3. The third kappa shape index (κ3) is 4.79. The van der Waals surface area contributed by atoms with Crippen molar-refractivity contribution in [3.05, 3.63) is 101 Å². The smallest absolute Gasteiger partial charge is 0.332 e. The number of aromatic amines is 1. The van der Waals surface area contributed by atoms with E-state index in [4.69, 9.17) is 0 Å². The van der Waals surface area contributed by atoms with Crippen LogP contribution in [0.25, 0.3) is 10.9 Å². The van der Waals surface area contributed by atoms with Crippen molar-refractivity contribution in [2.75, 3.05) is 4.90 Å². The minimum atomic E-state index is -0.675. The highest BCUT2D eigenvalue weighted by Crippen LogP contribution is 2.45. The molecule has 0 saturated carbocycles. The average molecular weight is 549 g/mol. The van der Waals surface area contributed by atoms with Gasteiger partial charge in [-0.15, -0.1) is 0 Å². The molecule has 0 radical (unpaired) electrons. The van der Waals surface area contributed by atoms with Crippen molar-refractivity contribution in [2.24, 2.45) is 5.92 Å². The van der Waals surface area contributed by atoms with Crippen LogP contribution in [0.4, 0.5) is 10.5 Å². The van der Waals surface area contributed by atoms with Crippen molar-refractivity contribution in [2.45, 2.75) is 64.6 Å². The van der Waals surface area contributed by atoms with Crippen LogP contribution in [-0.2, 0) is 11.2 Å². The predicted octanol–water partition coefficient (Wildman–Crippen LogP) is 6.60. The quantitative estimate of drug-likeness (QED) is 0.244. The van der Waals surface area contributed by atoms with Gasteiger partial charge >= 0.3 is 6.03 Å². The van der Waals surface area contributed by atoms with Crippen LogP contribution in [0.1, 0.15) is 73.3 Å². The summed E-state index contributed by atoms with van der Waals surface area (Å²) in [5, 5.41) is 4.15. The van der Waals surface area contributed by atoms with E-state index in [1.165, 1.54) is 4.90 Å². The number of aromatic nitrogens is 1. The minimum absolute atomic E-state index is 0.0219. The number of anilines is 1. The van der Waals surface area contributed by atoms with Crippen LogP contribution in [0.15, 0.2) is 78.9 Å². The number of urea groups is 1. The summed E-state index contributed by atoms with van der Waals surface area (Å²) >= 11 is 0. The number of hydrogen-bond acceptors (Lipinski definition) is 3. The van der Waals surface area contributed by atoms with Crippen molar-refractivity contribution >= 4 is 34.4 Å². The van der Waals surface area contributed by atoms with Crippen molar-refractivity contribution in [3.8, 4) is 0 Å². The summed E-state index contributed by atoms with van der Waals surface area (Å²) in [6.45, 7) is 6.38. The third-order valence-electron chi connectivity index (χ3n) is 8.35. The maximum atomic E-state index is 14.2. The van der Waals surface area contributed by atoms with E-state index in [1.807, 2.05) is 55.5 Å². The number of imide groups is 1. The van der Waals surface area contributed by atoms with Gasteiger partial charge in [0.15, 0.2) is 0 Å². The van der Waals surface area contributed by atoms with Crippen LogP contribution in [0, 0.1) is 5.92 Å². The van der Waals surface area contributed by atoms with Crippen LogP contribution < -0.4 is 10.2 Å². The summed E-state index contributed by atoms with van der Waals surface area (Å²) < 4.78 is 0. The van der Waals surface area contributed by atoms with Crippen molar-refractivity contribution in [1.29, 1.82) is 0 Å². The van der Waals surface area contributed by atoms with Gasteiger partial charge in [-0.2, -0.15) is 0 Å². The van der Waals surface area contributed by atoms with E-state index in [-0.39, 0.29) is 17.9 Å². The molecule has 7 heteroatoms. The van der Waals surface area contributed by atoms with Crippen molar-refractivity contribution < 1.29 is 14.4 Å². The molecule has 2 unspecified atom stereocenters. The largest absolute Gasteiger partial charge is 0.356 e. The van der Waals surface area contributed by atoms with E-state index in [0.717, 1.165) is 47.0 Å². The summed E-state index contributed by atoms with van der Waals surface area (Å²) in [5.74, 6) is 0.0274. The first-order chi connectivity index (χ1) is 19.8. The van der Waals surface area contributed by atoms with Crippen LogP contribution in [0.2, 0.25) is 0 Å². The molecule has 0 aliphatic carbocycles. The SMILES string of the molecule is CC(C)CCCC(C)NC(=O)c1ccccc1N1C(=O)[C@@H]2Cc3c([nH]c4ccccc34)C(c3ccccc3)N2C1=O. The summed E-state index contributed by atoms with van der Waals surface area (Å²) in [7, 11) is 0. The first-order valence-electron chi connectivity index (χ1n) is 14.6. The number of nitrogens with zero attached hydrogens (tertiary/aromatic N) is 2. The fourth-order valence-corrected chi connectivity index (χ4v) is 6.34. The normalized spacial score (nSPS) is 19.0. The van der Waals surface area contributed by atoms with Gasteiger partial charge < -0.3 is 10.3 Å². The lowest BCUT2D eigenvalue weighted by Crippen LogP contribution is -2.44. The van der Waals surface area contributed by atoms with Gasteiger partial charge in [-0.05, 0) is 48.6 Å². The molecule has 6 rings (SSSR count). The van der Waals surface area contributed by atoms with Crippen LogP contribution in [-0.4, -0.2) is 39.8 Å². The average Bonchev–Trinajstić information content (AvgIpc) is 3.46. The zero-order chi connectivity index (χ0) is 28.7. The second-order valence-electron chi connectivity index (χ2n) is 11.7. The lowest BCUT2D eigenvalue weighted by Gasteiger charge is -2.36. The molecule has 7 nitrogen and oxygen atoms in total. The first-order valence-corrected chi connectivity index (χ1v) is 14.6. The standard InChI is InChI=1S/C34H36N4O3/c1-21(2)12-11-13-22(3)35-32(39)25-17-8-10-19-28(25)38-33(40)29-20-26-24-16-7-9-18-27(24)36-30(26)31(37(29)34(38)41)23-14-5-4-6-15-23/h4-10,14-19,21-22,29,31,36H,11-13,20H2,1-3H3,(H,35,39)/t22?,29-,31?/m0/s1. The number of H-pyrrole nitrogens is 1. The molecule has 1 saturated heterocycles. The molecule has 0 bridgehead atoms. The zero-order valence-corrected chi connectivity index (χ0v) is 23.8. The molecule has 2 aliphatic rings. The fraction of sp³-hybridized carbons (Fsp3) is 0.324. The highest BCUT2D eigenvalue weighted by atomic mass is 16.2. The zero-order valence-electron chi connectivity index (χ0n) is 23.8. The van der Waals surface area contributed by atoms with Gasteiger partial charge in [0.05, 0.1) is 11.3 Å². The topological polar surface area (TPSA) is 85.5 Å². The molecule has 1 fully saturated rings. The highest BCUT2D eigenvalue weighted by Gasteiger charge is 2.53. The van der Waals surface area contributed by atoms with E-state index in [9.17, 15) is 14.4 Å². The summed E-state index contributed by atoms with van der Waals surface area (Å²) in [4.78, 5) is 48.3. The lowest BCUT2D eigenvalue weighted by atomic mass is 9.89. The van der Waals surface area contributed by atoms with Gasteiger partial charge in [0.2, 0.25) is 0 Å². The second-order valence-corrected chi connectivity index (χ2v) is 11.7. The fourth-order valence-electron chi connectivity index (χ4n) is 6.34. The number of nitrogens with one attached hydrogen (secondary N) is 2. The molecule has 1 aromatic heterocycles. The Bertz CT molecular complexity index is 1610. The number of carbonyl (C=O) groups is 3. The minimum Gasteiger partial charge on any atom is -0.356 e. The molecule has 3 heterocycles. The second kappa shape index (κ2) is 10.9. The molecule has 3 atom stereocenters. The maximum absolute atomic E-state index is 14.2. The van der Waals surface area contributed by atoms with Crippen LogP contribution in [0.5, 0.6) is 0 Å². The van der Waals surface area contributed by atoms with Gasteiger partial charge in [0.1, 0.15) is 12.1 Å². The monoisotopic (exact) mass is 548 g/mol. The number of hydrogen-bond donors (Lipinski definition) is 2. The number of benzene rings is 3. The van der Waals surface area contributed by atoms with Gasteiger partial charge in [0, 0.05) is 29.1 Å². The Hall–Kier alpha value is -4.39. The highest BCUT2D eigenvalue weighted by molar-refractivity contribution is 6.24. The van der Waals surface area contributed by atoms with Crippen LogP contribution >= 0.6 is 0 Å². The van der Waals surface area contributed by atoms with Crippen LogP contribution in [0.3, 0.4) is 0 Å². The van der Waals surface area contributed by atoms with Crippen molar-refractivity contribution in [3.63, 3.8) is 0 Å². The number of carbonyl (C=O) groups excluding carboxylic acids is 3. The molecule has 210 valence electrons. The van der Waals surface area contributed by atoms with E-state index in [1.54, 1.807) is 29.2 Å². The Kier molecular flexibility index (Phi) is 7.12. The van der Waals surface area contributed by atoms with E-state index in [2.05, 4.69) is 30.2 Å². The number of para-hydroxylation sites is 2. The number of rotatable bonds is 8. The van der Waals surface area contributed by atoms with Gasteiger partial charge in [-0.25, -0.2) is 9.69 Å². The molecule has 3 aromatic carbocycles. The van der Waals surface area contributed by atoms with Gasteiger partial charge in [0.25, 0.3) is 11.8 Å². The summed E-state index contributed by atoms with van der Waals surface area (Å²) in [5.41, 5.74) is 4.54. The van der Waals surface area contributed by atoms with E-state index in [0.29, 0.717) is 23.6 Å². The summed E-state index contributed by atoms with van der Waals surface area (Å²) in [6, 6.07) is 23.2. The predicted molar refractivity (Wildman–Crippen MR) is 161 cm³/mol. The maximum Gasteiger partial charge on any atom is 0.332 e. The number of fused-ring (bicyclic) bond motifs is 4. The summed E-state index contributed by atoms with van der Waals surface area (Å²) in [6.07, 6.45) is 3.40. The molecule has 41 heavy (non-hydrogen) atoms. The molecule has 2 aliphatic heterocycles. The van der Waals surface area contributed by atoms with E-state index >= 15 is 0 Å². The van der Waals surface area contributed by atoms with Gasteiger partial charge in [-0.1, -0.05) is 87.4 Å². The molecule has 4 amide bonds. The first kappa shape index (κ1) is 26.8. The Balaban J connectivity index is 1.35. The Morgan fingerprint density at radius 2 is 1.63 bits per heavy atom. The van der Waals surface area contributed by atoms with E-state index < -0.39 is 18.1 Å². The lowest BCUT2D eigenvalue weighted by molar-refractivity contribution is -0.120. The Morgan fingerprint density at radius 1 is 0.927 bits per heavy atom. The van der Waals surface area contributed by atoms with Gasteiger partial charge in [-0.3, -0.25) is 14.5 Å². The molecular weight excluding hydrogens is 512 g/mol. The Morgan fingerprint density at radius 3 is 2.41 bits per heavy atom. The Labute approximate surface area is 240 Å². The molecule has 0 spiro atoms. The molecule has 4 aromatic rings. The van der Waals surface area contributed by atoms with Crippen molar-refractivity contribution in [1.82, 2.24) is 15.2 Å². The third-order valence-corrected chi connectivity index (χ3v) is 8.35. The molecule has 2 N–H and O–H groups in total. The number of amides is 4.